The number of morpholine rings is 1. The third kappa shape index (κ3) is 2.52. The van der Waals surface area contributed by atoms with Crippen molar-refractivity contribution in [1.82, 2.24) is 4.90 Å². The van der Waals surface area contributed by atoms with Crippen molar-refractivity contribution >= 4 is 21.8 Å². The first-order valence-corrected chi connectivity index (χ1v) is 6.17. The van der Waals surface area contributed by atoms with Crippen LogP contribution >= 0.6 is 15.9 Å². The zero-order chi connectivity index (χ0) is 13.1. The molecule has 6 heteroatoms. The number of carbonyl (C=O) groups excluding carboxylic acids is 1. The Morgan fingerprint density at radius 2 is 2.39 bits per heavy atom. The topological polar surface area (TPSA) is 53.3 Å². The summed E-state index contributed by atoms with van der Waals surface area (Å²) in [6.45, 7) is 0.823. The molecule has 18 heavy (non-hydrogen) atoms. The molecule has 1 unspecified atom stereocenters. The average molecular weight is 313 g/mol. The molecule has 0 aromatic heterocycles. The van der Waals surface area contributed by atoms with Crippen LogP contribution in [0.2, 0.25) is 0 Å². The van der Waals surface area contributed by atoms with E-state index in [1.165, 1.54) is 17.0 Å². The van der Waals surface area contributed by atoms with Crippen LogP contribution in [0.4, 0.5) is 4.39 Å². The molecule has 1 atom stereocenters. The summed E-state index contributed by atoms with van der Waals surface area (Å²) in [6, 6.07) is 6.51. The number of hydrogen-bond donors (Lipinski definition) is 0. The fraction of sp³-hybridized carbons (Fsp3) is 0.333. The summed E-state index contributed by atoms with van der Waals surface area (Å²) in [6.07, 6.45) is -0.641. The van der Waals surface area contributed by atoms with E-state index in [2.05, 4.69) is 15.9 Å². The summed E-state index contributed by atoms with van der Waals surface area (Å²) in [5.74, 6) is -1.00. The lowest BCUT2D eigenvalue weighted by atomic mass is 10.1. The first-order chi connectivity index (χ1) is 8.63. The second-order valence-electron chi connectivity index (χ2n) is 3.84. The lowest BCUT2D eigenvalue weighted by molar-refractivity contribution is 0.00325. The van der Waals surface area contributed by atoms with E-state index in [9.17, 15) is 9.18 Å². The second-order valence-corrected chi connectivity index (χ2v) is 4.70. The monoisotopic (exact) mass is 312 g/mol. The van der Waals surface area contributed by atoms with Crippen molar-refractivity contribution in [3.05, 3.63) is 34.1 Å². The Balaban J connectivity index is 2.21. The zero-order valence-corrected chi connectivity index (χ0v) is 11.0. The predicted octanol–water partition coefficient (Wildman–Crippen LogP) is 1.95. The van der Waals surface area contributed by atoms with Gasteiger partial charge >= 0.3 is 0 Å². The predicted molar refractivity (Wildman–Crippen MR) is 65.4 cm³/mol. The quantitative estimate of drug-likeness (QED) is 0.796. The van der Waals surface area contributed by atoms with Gasteiger partial charge in [-0.05, 0) is 28.1 Å². The molecular formula is C12H10BrFN2O2. The molecule has 1 aromatic rings. The summed E-state index contributed by atoms with van der Waals surface area (Å²) in [7, 11) is 0. The normalized spacial score (nSPS) is 19.4. The molecule has 1 aromatic carbocycles. The maximum atomic E-state index is 13.8. The molecule has 0 N–H and O–H groups in total. The molecule has 0 radical (unpaired) electrons. The zero-order valence-electron chi connectivity index (χ0n) is 9.40. The SMILES string of the molecule is N#CC1CN(C(=O)c2cccc(Br)c2F)CCO1. The Morgan fingerprint density at radius 1 is 1.61 bits per heavy atom. The van der Waals surface area contributed by atoms with E-state index in [4.69, 9.17) is 10.00 Å². The molecular weight excluding hydrogens is 303 g/mol. The summed E-state index contributed by atoms with van der Waals surface area (Å²) in [4.78, 5) is 13.6. The van der Waals surface area contributed by atoms with Crippen LogP contribution < -0.4 is 0 Å². The van der Waals surface area contributed by atoms with Crippen LogP contribution in [0.3, 0.4) is 0 Å². The average Bonchev–Trinajstić information content (AvgIpc) is 2.41. The highest BCUT2D eigenvalue weighted by atomic mass is 79.9. The van der Waals surface area contributed by atoms with Crippen molar-refractivity contribution in [3.63, 3.8) is 0 Å². The number of nitrogens with zero attached hydrogens (tertiary/aromatic N) is 2. The van der Waals surface area contributed by atoms with Gasteiger partial charge in [0.2, 0.25) is 0 Å². The molecule has 94 valence electrons. The van der Waals surface area contributed by atoms with Crippen LogP contribution in [0.25, 0.3) is 0 Å². The summed E-state index contributed by atoms with van der Waals surface area (Å²) in [5.41, 5.74) is 0.00275. The second kappa shape index (κ2) is 5.46. The number of halogens is 2. The number of nitriles is 1. The number of benzene rings is 1. The Morgan fingerprint density at radius 3 is 3.11 bits per heavy atom. The molecule has 1 amide bonds. The van der Waals surface area contributed by atoms with Crippen LogP contribution in [-0.4, -0.2) is 36.6 Å². The fourth-order valence-electron chi connectivity index (χ4n) is 1.75. The number of ether oxygens (including phenoxy) is 1. The summed E-state index contributed by atoms with van der Waals surface area (Å²) < 4.78 is 19.2. The van der Waals surface area contributed by atoms with E-state index >= 15 is 0 Å². The fourth-order valence-corrected chi connectivity index (χ4v) is 2.12. The molecule has 4 nitrogen and oxygen atoms in total. The Labute approximate surface area is 112 Å². The van der Waals surface area contributed by atoms with Gasteiger partial charge in [-0.3, -0.25) is 4.79 Å². The van der Waals surface area contributed by atoms with Gasteiger partial charge in [-0.1, -0.05) is 6.07 Å². The Bertz CT molecular complexity index is 515. The molecule has 0 bridgehead atoms. The van der Waals surface area contributed by atoms with E-state index in [0.29, 0.717) is 13.2 Å². The van der Waals surface area contributed by atoms with Gasteiger partial charge in [0, 0.05) is 6.54 Å². The number of carbonyl (C=O) groups is 1. The highest BCUT2D eigenvalue weighted by molar-refractivity contribution is 9.10. The Kier molecular flexibility index (Phi) is 3.94. The minimum atomic E-state index is -0.641. The molecule has 1 aliphatic rings. The van der Waals surface area contributed by atoms with E-state index in [0.717, 1.165) is 0 Å². The minimum Gasteiger partial charge on any atom is -0.360 e. The largest absolute Gasteiger partial charge is 0.360 e. The Hall–Kier alpha value is -1.45. The highest BCUT2D eigenvalue weighted by Gasteiger charge is 2.26. The maximum absolute atomic E-state index is 13.8. The van der Waals surface area contributed by atoms with Crippen molar-refractivity contribution in [2.45, 2.75) is 6.10 Å². The molecule has 1 heterocycles. The summed E-state index contributed by atoms with van der Waals surface area (Å²) >= 11 is 3.04. The van der Waals surface area contributed by atoms with Crippen molar-refractivity contribution in [2.75, 3.05) is 19.7 Å². The van der Waals surface area contributed by atoms with Gasteiger partial charge in [0.15, 0.2) is 6.10 Å². The molecule has 1 fully saturated rings. The molecule has 2 rings (SSSR count). The molecule has 1 aliphatic heterocycles. The first kappa shape index (κ1) is 13.0. The first-order valence-electron chi connectivity index (χ1n) is 5.38. The smallest absolute Gasteiger partial charge is 0.257 e. The highest BCUT2D eigenvalue weighted by Crippen LogP contribution is 2.20. The van der Waals surface area contributed by atoms with Crippen LogP contribution in [0.1, 0.15) is 10.4 Å². The third-order valence-electron chi connectivity index (χ3n) is 2.68. The van der Waals surface area contributed by atoms with Crippen molar-refractivity contribution in [1.29, 1.82) is 5.26 Å². The number of amides is 1. The molecule has 0 aliphatic carbocycles. The third-order valence-corrected chi connectivity index (χ3v) is 3.29. The van der Waals surface area contributed by atoms with Gasteiger partial charge in [0.05, 0.1) is 29.3 Å². The van der Waals surface area contributed by atoms with Gasteiger partial charge in [0.25, 0.3) is 5.91 Å². The molecule has 0 spiro atoms. The van der Waals surface area contributed by atoms with E-state index in [1.807, 2.05) is 6.07 Å². The van der Waals surface area contributed by atoms with Crippen LogP contribution in [0, 0.1) is 17.1 Å². The van der Waals surface area contributed by atoms with Gasteiger partial charge in [-0.2, -0.15) is 5.26 Å². The van der Waals surface area contributed by atoms with Crippen LogP contribution in [0.15, 0.2) is 22.7 Å². The van der Waals surface area contributed by atoms with Crippen molar-refractivity contribution in [2.24, 2.45) is 0 Å². The number of rotatable bonds is 1. The molecule has 0 saturated carbocycles. The van der Waals surface area contributed by atoms with E-state index in [-0.39, 0.29) is 16.6 Å². The van der Waals surface area contributed by atoms with E-state index < -0.39 is 17.8 Å². The van der Waals surface area contributed by atoms with E-state index in [1.54, 1.807) is 6.07 Å². The van der Waals surface area contributed by atoms with Crippen LogP contribution in [0.5, 0.6) is 0 Å². The van der Waals surface area contributed by atoms with Crippen LogP contribution in [-0.2, 0) is 4.74 Å². The maximum Gasteiger partial charge on any atom is 0.257 e. The number of hydrogen-bond acceptors (Lipinski definition) is 3. The molecule has 1 saturated heterocycles. The van der Waals surface area contributed by atoms with Crippen molar-refractivity contribution < 1.29 is 13.9 Å². The minimum absolute atomic E-state index is 0.00275. The van der Waals surface area contributed by atoms with Gasteiger partial charge in [0.1, 0.15) is 5.82 Å². The standard InChI is InChI=1S/C12H10BrFN2O2/c13-10-3-1-2-9(11(10)14)12(17)16-4-5-18-8(6-15)7-16/h1-3,8H,4-5,7H2. The lowest BCUT2D eigenvalue weighted by Gasteiger charge is -2.29. The van der Waals surface area contributed by atoms with Gasteiger partial charge in [-0.25, -0.2) is 4.39 Å². The van der Waals surface area contributed by atoms with Crippen molar-refractivity contribution in [3.8, 4) is 6.07 Å². The van der Waals surface area contributed by atoms with Gasteiger partial charge < -0.3 is 9.64 Å². The summed E-state index contributed by atoms with van der Waals surface area (Å²) in [5, 5.41) is 8.77. The van der Waals surface area contributed by atoms with Gasteiger partial charge in [-0.15, -0.1) is 0 Å². The lowest BCUT2D eigenvalue weighted by Crippen LogP contribution is -2.45.